The summed E-state index contributed by atoms with van der Waals surface area (Å²) in [5.41, 5.74) is 7.59. The Morgan fingerprint density at radius 1 is 1.12 bits per heavy atom. The van der Waals surface area contributed by atoms with Crippen LogP contribution in [-0.4, -0.2) is 28.7 Å². The van der Waals surface area contributed by atoms with Gasteiger partial charge in [-0.3, -0.25) is 19.3 Å². The molecule has 1 saturated heterocycles. The molecule has 3 amide bonds. The molecular weight excluding hydrogens is 306 g/mol. The van der Waals surface area contributed by atoms with Gasteiger partial charge in [-0.25, -0.2) is 0 Å². The summed E-state index contributed by atoms with van der Waals surface area (Å²) in [6.45, 7) is 0.294. The summed E-state index contributed by atoms with van der Waals surface area (Å²) < 4.78 is 0. The Balaban J connectivity index is 1.53. The van der Waals surface area contributed by atoms with Gasteiger partial charge in [0, 0.05) is 31.0 Å². The lowest BCUT2D eigenvalue weighted by Crippen LogP contribution is -2.28. The molecule has 1 aliphatic heterocycles. The van der Waals surface area contributed by atoms with Crippen LogP contribution in [0.4, 0.5) is 5.69 Å². The second kappa shape index (κ2) is 7.13. The third-order valence-electron chi connectivity index (χ3n) is 4.90. The van der Waals surface area contributed by atoms with Gasteiger partial charge >= 0.3 is 0 Å². The molecule has 0 aromatic heterocycles. The van der Waals surface area contributed by atoms with Gasteiger partial charge in [0.15, 0.2) is 0 Å². The summed E-state index contributed by atoms with van der Waals surface area (Å²) >= 11 is 0. The number of imide groups is 1. The second-order valence-electron chi connectivity index (χ2n) is 6.68. The third-order valence-corrected chi connectivity index (χ3v) is 4.90. The Labute approximate surface area is 141 Å². The highest BCUT2D eigenvalue weighted by atomic mass is 16.2. The van der Waals surface area contributed by atoms with E-state index in [4.69, 9.17) is 5.73 Å². The number of hydrogen-bond donors (Lipinski definition) is 2. The first kappa shape index (κ1) is 16.6. The standard InChI is InChI=1S/C18H23N3O3/c19-15-3-1-2-13(15)10-16(22)20-14-6-4-12(5-7-14)11-21-17(23)8-9-18(21)24/h4-7,13,15H,1-3,8-11,19H2,(H,20,22)/t13-,15+/m0/s1. The summed E-state index contributed by atoms with van der Waals surface area (Å²) in [7, 11) is 0. The molecule has 2 fully saturated rings. The topological polar surface area (TPSA) is 92.5 Å². The summed E-state index contributed by atoms with van der Waals surface area (Å²) in [5, 5.41) is 2.89. The van der Waals surface area contributed by atoms with Gasteiger partial charge in [-0.15, -0.1) is 0 Å². The molecule has 1 aromatic carbocycles. The average molecular weight is 329 g/mol. The maximum atomic E-state index is 12.1. The Hall–Kier alpha value is -2.21. The van der Waals surface area contributed by atoms with Crippen molar-refractivity contribution in [3.05, 3.63) is 29.8 Å². The molecule has 24 heavy (non-hydrogen) atoms. The highest BCUT2D eigenvalue weighted by molar-refractivity contribution is 6.01. The molecule has 0 bridgehead atoms. The first-order chi connectivity index (χ1) is 11.5. The van der Waals surface area contributed by atoms with Gasteiger partial charge in [-0.2, -0.15) is 0 Å². The predicted molar refractivity (Wildman–Crippen MR) is 89.8 cm³/mol. The Kier molecular flexibility index (Phi) is 4.94. The number of nitrogens with two attached hydrogens (primary N) is 1. The number of rotatable bonds is 5. The lowest BCUT2D eigenvalue weighted by molar-refractivity contribution is -0.139. The first-order valence-electron chi connectivity index (χ1n) is 8.50. The fourth-order valence-corrected chi connectivity index (χ4v) is 3.44. The molecule has 3 N–H and O–H groups in total. The zero-order valence-corrected chi connectivity index (χ0v) is 13.7. The van der Waals surface area contributed by atoms with Crippen molar-refractivity contribution in [3.8, 4) is 0 Å². The van der Waals surface area contributed by atoms with Gasteiger partial charge < -0.3 is 11.1 Å². The van der Waals surface area contributed by atoms with Crippen LogP contribution in [-0.2, 0) is 20.9 Å². The SMILES string of the molecule is N[C@@H]1CCC[C@H]1CC(=O)Nc1ccc(CN2C(=O)CCC2=O)cc1. The van der Waals surface area contributed by atoms with Gasteiger partial charge in [0.2, 0.25) is 17.7 Å². The first-order valence-corrected chi connectivity index (χ1v) is 8.50. The molecule has 2 aliphatic rings. The summed E-state index contributed by atoms with van der Waals surface area (Å²) in [5.74, 6) is 0.0158. The van der Waals surface area contributed by atoms with E-state index in [0.717, 1.165) is 30.5 Å². The number of nitrogens with one attached hydrogen (secondary N) is 1. The second-order valence-corrected chi connectivity index (χ2v) is 6.68. The third kappa shape index (κ3) is 3.82. The summed E-state index contributed by atoms with van der Waals surface area (Å²) in [6.07, 6.45) is 4.18. The van der Waals surface area contributed by atoms with E-state index in [-0.39, 0.29) is 29.7 Å². The molecule has 3 rings (SSSR count). The summed E-state index contributed by atoms with van der Waals surface area (Å²) in [6, 6.07) is 7.39. The zero-order valence-electron chi connectivity index (χ0n) is 13.7. The lowest BCUT2D eigenvalue weighted by atomic mass is 10.00. The molecule has 0 unspecified atom stereocenters. The van der Waals surface area contributed by atoms with E-state index in [1.54, 1.807) is 12.1 Å². The fourth-order valence-electron chi connectivity index (χ4n) is 3.44. The highest BCUT2D eigenvalue weighted by Crippen LogP contribution is 2.27. The normalized spacial score (nSPS) is 23.8. The number of nitrogens with zero attached hydrogens (tertiary/aromatic N) is 1. The highest BCUT2D eigenvalue weighted by Gasteiger charge is 2.28. The van der Waals surface area contributed by atoms with E-state index in [9.17, 15) is 14.4 Å². The van der Waals surface area contributed by atoms with Crippen LogP contribution in [0, 0.1) is 5.92 Å². The molecule has 0 radical (unpaired) electrons. The van der Waals surface area contributed by atoms with Crippen molar-refractivity contribution in [1.29, 1.82) is 0 Å². The monoisotopic (exact) mass is 329 g/mol. The molecule has 128 valence electrons. The Morgan fingerprint density at radius 3 is 2.38 bits per heavy atom. The van der Waals surface area contributed by atoms with Crippen molar-refractivity contribution >= 4 is 23.4 Å². The van der Waals surface area contributed by atoms with E-state index < -0.39 is 0 Å². The molecule has 1 aromatic rings. The Morgan fingerprint density at radius 2 is 1.79 bits per heavy atom. The minimum Gasteiger partial charge on any atom is -0.327 e. The lowest BCUT2D eigenvalue weighted by Gasteiger charge is -2.16. The van der Waals surface area contributed by atoms with Crippen LogP contribution >= 0.6 is 0 Å². The van der Waals surface area contributed by atoms with Gasteiger partial charge in [0.1, 0.15) is 0 Å². The van der Waals surface area contributed by atoms with E-state index in [1.807, 2.05) is 12.1 Å². The predicted octanol–water partition coefficient (Wildman–Crippen LogP) is 1.79. The van der Waals surface area contributed by atoms with E-state index >= 15 is 0 Å². The molecule has 0 spiro atoms. The molecule has 1 heterocycles. The van der Waals surface area contributed by atoms with Crippen LogP contribution in [0.2, 0.25) is 0 Å². The van der Waals surface area contributed by atoms with Crippen molar-refractivity contribution in [2.75, 3.05) is 5.32 Å². The average Bonchev–Trinajstić information content (AvgIpc) is 3.09. The van der Waals surface area contributed by atoms with Crippen molar-refractivity contribution in [2.24, 2.45) is 11.7 Å². The molecule has 6 nitrogen and oxygen atoms in total. The zero-order chi connectivity index (χ0) is 17.1. The summed E-state index contributed by atoms with van der Waals surface area (Å²) in [4.78, 5) is 36.6. The van der Waals surface area contributed by atoms with Crippen LogP contribution in [0.5, 0.6) is 0 Å². The van der Waals surface area contributed by atoms with Crippen LogP contribution in [0.3, 0.4) is 0 Å². The van der Waals surface area contributed by atoms with Gasteiger partial charge in [-0.05, 0) is 36.5 Å². The number of hydrogen-bond acceptors (Lipinski definition) is 4. The van der Waals surface area contributed by atoms with Gasteiger partial charge in [0.25, 0.3) is 0 Å². The van der Waals surface area contributed by atoms with Crippen LogP contribution in [0.15, 0.2) is 24.3 Å². The van der Waals surface area contributed by atoms with Gasteiger partial charge in [-0.1, -0.05) is 18.6 Å². The van der Waals surface area contributed by atoms with Crippen LogP contribution < -0.4 is 11.1 Å². The number of benzene rings is 1. The van der Waals surface area contributed by atoms with Crippen molar-refractivity contribution in [1.82, 2.24) is 4.90 Å². The number of anilines is 1. The largest absolute Gasteiger partial charge is 0.327 e. The molecule has 1 aliphatic carbocycles. The minimum atomic E-state index is -0.120. The van der Waals surface area contributed by atoms with E-state index in [1.165, 1.54) is 4.90 Å². The number of carbonyl (C=O) groups excluding carboxylic acids is 3. The van der Waals surface area contributed by atoms with E-state index in [2.05, 4.69) is 5.32 Å². The van der Waals surface area contributed by atoms with Crippen molar-refractivity contribution in [3.63, 3.8) is 0 Å². The number of carbonyl (C=O) groups is 3. The van der Waals surface area contributed by atoms with Crippen LogP contribution in [0.1, 0.15) is 44.1 Å². The van der Waals surface area contributed by atoms with E-state index in [0.29, 0.717) is 25.8 Å². The molecule has 2 atom stereocenters. The van der Waals surface area contributed by atoms with Crippen molar-refractivity contribution in [2.45, 2.75) is 51.1 Å². The Bertz CT molecular complexity index is 625. The maximum Gasteiger partial charge on any atom is 0.229 e. The molecular formula is C18H23N3O3. The minimum absolute atomic E-state index is 0.0185. The fraction of sp³-hybridized carbons (Fsp3) is 0.500. The van der Waals surface area contributed by atoms with Crippen molar-refractivity contribution < 1.29 is 14.4 Å². The number of likely N-dealkylation sites (tertiary alicyclic amines) is 1. The van der Waals surface area contributed by atoms with Gasteiger partial charge in [0.05, 0.1) is 6.54 Å². The van der Waals surface area contributed by atoms with Crippen LogP contribution in [0.25, 0.3) is 0 Å². The molecule has 6 heteroatoms. The smallest absolute Gasteiger partial charge is 0.229 e. The molecule has 1 saturated carbocycles. The quantitative estimate of drug-likeness (QED) is 0.806. The maximum absolute atomic E-state index is 12.1. The number of amides is 3.